The fraction of sp³-hybridized carbons (Fsp3) is 0.769. The SMILES string of the molecule is CCNC(=O)C(C)NC(=O)N1CCN(C(C)C(=O)O)CC1. The van der Waals surface area contributed by atoms with Gasteiger partial charge in [-0.25, -0.2) is 4.79 Å². The number of nitrogens with one attached hydrogen (secondary N) is 2. The van der Waals surface area contributed by atoms with Gasteiger partial charge < -0.3 is 20.6 Å². The lowest BCUT2D eigenvalue weighted by Gasteiger charge is -2.36. The van der Waals surface area contributed by atoms with Crippen molar-refractivity contribution >= 4 is 17.9 Å². The zero-order valence-electron chi connectivity index (χ0n) is 12.8. The van der Waals surface area contributed by atoms with Crippen molar-refractivity contribution < 1.29 is 19.5 Å². The molecule has 2 unspecified atom stereocenters. The smallest absolute Gasteiger partial charge is 0.320 e. The van der Waals surface area contributed by atoms with E-state index in [0.717, 1.165) is 0 Å². The number of carboxylic acids is 1. The van der Waals surface area contributed by atoms with Gasteiger partial charge in [0.15, 0.2) is 0 Å². The fourth-order valence-electron chi connectivity index (χ4n) is 2.14. The van der Waals surface area contributed by atoms with Crippen LogP contribution in [0.2, 0.25) is 0 Å². The quantitative estimate of drug-likeness (QED) is 0.624. The van der Waals surface area contributed by atoms with Crippen molar-refractivity contribution in [2.24, 2.45) is 0 Å². The molecule has 8 nitrogen and oxygen atoms in total. The third kappa shape index (κ3) is 4.89. The number of amides is 3. The Morgan fingerprint density at radius 3 is 2.19 bits per heavy atom. The van der Waals surface area contributed by atoms with E-state index in [1.54, 1.807) is 18.7 Å². The molecule has 3 N–H and O–H groups in total. The third-order valence-electron chi connectivity index (χ3n) is 3.59. The van der Waals surface area contributed by atoms with E-state index >= 15 is 0 Å². The van der Waals surface area contributed by atoms with Crippen LogP contribution < -0.4 is 10.6 Å². The minimum atomic E-state index is -0.863. The summed E-state index contributed by atoms with van der Waals surface area (Å²) >= 11 is 0. The summed E-state index contributed by atoms with van der Waals surface area (Å²) in [6, 6.07) is -1.44. The van der Waals surface area contributed by atoms with Crippen molar-refractivity contribution in [3.05, 3.63) is 0 Å². The van der Waals surface area contributed by atoms with Gasteiger partial charge in [-0.2, -0.15) is 0 Å². The highest BCUT2D eigenvalue weighted by molar-refractivity contribution is 5.86. The molecule has 1 aliphatic rings. The van der Waals surface area contributed by atoms with Crippen LogP contribution in [0.3, 0.4) is 0 Å². The molecule has 0 aromatic carbocycles. The van der Waals surface area contributed by atoms with Crippen LogP contribution in [-0.4, -0.2) is 77.6 Å². The number of likely N-dealkylation sites (N-methyl/N-ethyl adjacent to an activating group) is 1. The number of urea groups is 1. The van der Waals surface area contributed by atoms with Crippen molar-refractivity contribution in [1.82, 2.24) is 20.4 Å². The molecule has 1 aliphatic heterocycles. The van der Waals surface area contributed by atoms with Gasteiger partial charge in [0.1, 0.15) is 12.1 Å². The van der Waals surface area contributed by atoms with E-state index in [4.69, 9.17) is 5.11 Å². The number of hydrogen-bond donors (Lipinski definition) is 3. The second kappa shape index (κ2) is 7.82. The summed E-state index contributed by atoms with van der Waals surface area (Å²) in [6.45, 7) is 7.52. The van der Waals surface area contributed by atoms with Crippen molar-refractivity contribution in [1.29, 1.82) is 0 Å². The molecule has 0 aromatic heterocycles. The van der Waals surface area contributed by atoms with Crippen LogP contribution in [0.1, 0.15) is 20.8 Å². The maximum atomic E-state index is 12.0. The lowest BCUT2D eigenvalue weighted by atomic mass is 10.2. The molecule has 0 spiro atoms. The average molecular weight is 300 g/mol. The number of rotatable bonds is 5. The van der Waals surface area contributed by atoms with E-state index in [0.29, 0.717) is 32.7 Å². The van der Waals surface area contributed by atoms with E-state index in [-0.39, 0.29) is 11.9 Å². The molecule has 0 saturated carbocycles. The Bertz CT molecular complexity index is 394. The maximum Gasteiger partial charge on any atom is 0.320 e. The summed E-state index contributed by atoms with van der Waals surface area (Å²) in [5.41, 5.74) is 0. The third-order valence-corrected chi connectivity index (χ3v) is 3.59. The molecule has 21 heavy (non-hydrogen) atoms. The first kappa shape index (κ1) is 17.2. The fourth-order valence-corrected chi connectivity index (χ4v) is 2.14. The number of piperazine rings is 1. The van der Waals surface area contributed by atoms with Gasteiger partial charge >= 0.3 is 12.0 Å². The highest BCUT2D eigenvalue weighted by atomic mass is 16.4. The van der Waals surface area contributed by atoms with Crippen LogP contribution in [0, 0.1) is 0 Å². The highest BCUT2D eigenvalue weighted by Crippen LogP contribution is 2.07. The topological polar surface area (TPSA) is 102 Å². The number of nitrogens with zero attached hydrogens (tertiary/aromatic N) is 2. The van der Waals surface area contributed by atoms with E-state index in [1.807, 2.05) is 11.8 Å². The average Bonchev–Trinajstić information content (AvgIpc) is 2.46. The normalized spacial score (nSPS) is 18.7. The molecule has 0 aromatic rings. The molecule has 2 atom stereocenters. The van der Waals surface area contributed by atoms with Gasteiger partial charge in [-0.15, -0.1) is 0 Å². The molecule has 1 saturated heterocycles. The summed E-state index contributed by atoms with van der Waals surface area (Å²) in [6.07, 6.45) is 0. The Morgan fingerprint density at radius 1 is 1.14 bits per heavy atom. The zero-order valence-corrected chi connectivity index (χ0v) is 12.8. The Hall–Kier alpha value is -1.83. The van der Waals surface area contributed by atoms with Crippen LogP contribution in [-0.2, 0) is 9.59 Å². The molecule has 120 valence electrons. The van der Waals surface area contributed by atoms with E-state index < -0.39 is 18.1 Å². The lowest BCUT2D eigenvalue weighted by molar-refractivity contribution is -0.143. The predicted molar refractivity (Wildman–Crippen MR) is 76.9 cm³/mol. The molecule has 8 heteroatoms. The van der Waals surface area contributed by atoms with Gasteiger partial charge in [0.05, 0.1) is 0 Å². The van der Waals surface area contributed by atoms with Gasteiger partial charge in [0.25, 0.3) is 0 Å². The molecule has 0 radical (unpaired) electrons. The van der Waals surface area contributed by atoms with E-state index in [1.165, 1.54) is 0 Å². The van der Waals surface area contributed by atoms with Gasteiger partial charge in [0, 0.05) is 32.7 Å². The second-order valence-corrected chi connectivity index (χ2v) is 5.10. The standard InChI is InChI=1S/C13H24N4O4/c1-4-14-11(18)9(2)15-13(21)17-7-5-16(6-8-17)10(3)12(19)20/h9-10H,4-8H2,1-3H3,(H,14,18)(H,15,21)(H,19,20). The monoisotopic (exact) mass is 300 g/mol. The van der Waals surface area contributed by atoms with Crippen molar-refractivity contribution in [2.75, 3.05) is 32.7 Å². The molecule has 0 bridgehead atoms. The first-order valence-electron chi connectivity index (χ1n) is 7.16. The number of aliphatic carboxylic acids is 1. The summed E-state index contributed by atoms with van der Waals surface area (Å²) in [7, 11) is 0. The largest absolute Gasteiger partial charge is 0.480 e. The van der Waals surface area contributed by atoms with Crippen LogP contribution in [0.15, 0.2) is 0 Å². The Morgan fingerprint density at radius 2 is 1.71 bits per heavy atom. The zero-order chi connectivity index (χ0) is 16.0. The van der Waals surface area contributed by atoms with Crippen LogP contribution in [0.25, 0.3) is 0 Å². The van der Waals surface area contributed by atoms with E-state index in [2.05, 4.69) is 10.6 Å². The Balaban J connectivity index is 2.41. The molecule has 1 rings (SSSR count). The predicted octanol–water partition coefficient (Wildman–Crippen LogP) is -0.689. The van der Waals surface area contributed by atoms with Crippen molar-refractivity contribution in [3.8, 4) is 0 Å². The number of carbonyl (C=O) groups is 3. The van der Waals surface area contributed by atoms with Gasteiger partial charge in [0.2, 0.25) is 5.91 Å². The Kier molecular flexibility index (Phi) is 6.41. The van der Waals surface area contributed by atoms with Gasteiger partial charge in [-0.3, -0.25) is 14.5 Å². The summed E-state index contributed by atoms with van der Waals surface area (Å²) in [5, 5.41) is 14.2. The number of carboxylic acid groups (broad SMARTS) is 1. The minimum absolute atomic E-state index is 0.219. The molecule has 1 fully saturated rings. The van der Waals surface area contributed by atoms with Crippen molar-refractivity contribution in [2.45, 2.75) is 32.9 Å². The summed E-state index contributed by atoms with van der Waals surface area (Å²) in [5.74, 6) is -1.08. The molecule has 0 aliphatic carbocycles. The lowest BCUT2D eigenvalue weighted by Crippen LogP contribution is -2.57. The first-order valence-corrected chi connectivity index (χ1v) is 7.16. The molecular weight excluding hydrogens is 276 g/mol. The first-order chi connectivity index (χ1) is 9.86. The summed E-state index contributed by atoms with van der Waals surface area (Å²) < 4.78 is 0. The number of carbonyl (C=O) groups excluding carboxylic acids is 2. The molecule has 1 heterocycles. The maximum absolute atomic E-state index is 12.0. The summed E-state index contributed by atoms with van der Waals surface area (Å²) in [4.78, 5) is 37.9. The highest BCUT2D eigenvalue weighted by Gasteiger charge is 2.28. The van der Waals surface area contributed by atoms with Crippen molar-refractivity contribution in [3.63, 3.8) is 0 Å². The minimum Gasteiger partial charge on any atom is -0.480 e. The van der Waals surface area contributed by atoms with Crippen LogP contribution in [0.4, 0.5) is 4.79 Å². The van der Waals surface area contributed by atoms with Gasteiger partial charge in [-0.05, 0) is 20.8 Å². The second-order valence-electron chi connectivity index (χ2n) is 5.10. The Labute approximate surface area is 124 Å². The molecule has 3 amide bonds. The van der Waals surface area contributed by atoms with Crippen LogP contribution >= 0.6 is 0 Å². The number of hydrogen-bond acceptors (Lipinski definition) is 4. The van der Waals surface area contributed by atoms with E-state index in [9.17, 15) is 14.4 Å². The van der Waals surface area contributed by atoms with Gasteiger partial charge in [-0.1, -0.05) is 0 Å². The van der Waals surface area contributed by atoms with Crippen LogP contribution in [0.5, 0.6) is 0 Å². The molecular formula is C13H24N4O4.